The average Bonchev–Trinajstić information content (AvgIpc) is 2.98. The summed E-state index contributed by atoms with van der Waals surface area (Å²) in [6.07, 6.45) is 1.40. The third-order valence-corrected chi connectivity index (χ3v) is 3.11. The van der Waals surface area contributed by atoms with Gasteiger partial charge in [0.15, 0.2) is 5.76 Å². The molecule has 2 aromatic rings. The van der Waals surface area contributed by atoms with E-state index in [0.29, 0.717) is 11.6 Å². The molecule has 6 heteroatoms. The number of carbonyl (C=O) groups is 2. The lowest BCUT2D eigenvalue weighted by Gasteiger charge is -2.17. The van der Waals surface area contributed by atoms with Crippen LogP contribution in [0, 0.1) is 0 Å². The molecule has 0 saturated carbocycles. The summed E-state index contributed by atoms with van der Waals surface area (Å²) in [4.78, 5) is 25.1. The van der Waals surface area contributed by atoms with Crippen molar-refractivity contribution in [3.63, 3.8) is 0 Å². The Bertz CT molecular complexity index is 626. The highest BCUT2D eigenvalue weighted by atomic mass is 35.5. The largest absolute Gasteiger partial charge is 0.459 e. The van der Waals surface area contributed by atoms with E-state index in [2.05, 4.69) is 5.32 Å². The topological polar surface area (TPSA) is 62.6 Å². The van der Waals surface area contributed by atoms with E-state index in [1.165, 1.54) is 17.2 Å². The van der Waals surface area contributed by atoms with Gasteiger partial charge in [0.1, 0.15) is 0 Å². The van der Waals surface area contributed by atoms with Crippen molar-refractivity contribution in [3.8, 4) is 0 Å². The molecule has 1 N–H and O–H groups in total. The van der Waals surface area contributed by atoms with Crippen LogP contribution in [0.15, 0.2) is 47.1 Å². The Hall–Kier alpha value is -2.27. The van der Waals surface area contributed by atoms with Gasteiger partial charge in [0.05, 0.1) is 12.8 Å². The normalized spacial score (nSPS) is 10.2. The number of amides is 2. The second-order valence-electron chi connectivity index (χ2n) is 4.54. The predicted molar refractivity (Wildman–Crippen MR) is 79.0 cm³/mol. The Morgan fingerprint density at radius 2 is 2.10 bits per heavy atom. The fourth-order valence-electron chi connectivity index (χ4n) is 1.78. The number of hydrogen-bond acceptors (Lipinski definition) is 3. The van der Waals surface area contributed by atoms with Gasteiger partial charge in [-0.1, -0.05) is 23.7 Å². The average molecular weight is 307 g/mol. The van der Waals surface area contributed by atoms with Crippen LogP contribution < -0.4 is 5.32 Å². The van der Waals surface area contributed by atoms with E-state index in [0.717, 1.165) is 5.56 Å². The van der Waals surface area contributed by atoms with Gasteiger partial charge in [-0.05, 0) is 29.8 Å². The number of nitrogens with zero attached hydrogens (tertiary/aromatic N) is 1. The number of benzene rings is 1. The maximum absolute atomic E-state index is 12.0. The van der Waals surface area contributed by atoms with Crippen LogP contribution in [0.25, 0.3) is 0 Å². The zero-order valence-electron chi connectivity index (χ0n) is 11.5. The van der Waals surface area contributed by atoms with E-state index < -0.39 is 5.91 Å². The van der Waals surface area contributed by atoms with Crippen molar-refractivity contribution in [1.82, 2.24) is 10.2 Å². The molecule has 1 aromatic carbocycles. The number of hydrogen-bond donors (Lipinski definition) is 1. The number of furan rings is 1. The van der Waals surface area contributed by atoms with Crippen molar-refractivity contribution in [2.45, 2.75) is 6.54 Å². The monoisotopic (exact) mass is 306 g/mol. The number of rotatable bonds is 5. The Morgan fingerprint density at radius 3 is 2.76 bits per heavy atom. The summed E-state index contributed by atoms with van der Waals surface area (Å²) < 4.78 is 4.95. The maximum Gasteiger partial charge on any atom is 0.287 e. The van der Waals surface area contributed by atoms with Crippen molar-refractivity contribution in [3.05, 3.63) is 59.0 Å². The highest BCUT2D eigenvalue weighted by Crippen LogP contribution is 2.12. The third kappa shape index (κ3) is 4.36. The van der Waals surface area contributed by atoms with Crippen molar-refractivity contribution in [2.24, 2.45) is 0 Å². The van der Waals surface area contributed by atoms with E-state index >= 15 is 0 Å². The lowest BCUT2D eigenvalue weighted by Crippen LogP contribution is -2.37. The van der Waals surface area contributed by atoms with Crippen molar-refractivity contribution >= 4 is 23.4 Å². The van der Waals surface area contributed by atoms with Gasteiger partial charge < -0.3 is 14.6 Å². The van der Waals surface area contributed by atoms with Gasteiger partial charge in [0.2, 0.25) is 5.91 Å². The summed E-state index contributed by atoms with van der Waals surface area (Å²) in [7, 11) is 1.67. The molecule has 0 bridgehead atoms. The van der Waals surface area contributed by atoms with Crippen LogP contribution in [0.1, 0.15) is 16.1 Å². The molecule has 0 aliphatic carbocycles. The second kappa shape index (κ2) is 6.95. The molecule has 0 radical (unpaired) electrons. The lowest BCUT2D eigenvalue weighted by molar-refractivity contribution is -0.129. The van der Waals surface area contributed by atoms with Crippen molar-refractivity contribution < 1.29 is 14.0 Å². The first kappa shape index (κ1) is 15.1. The van der Waals surface area contributed by atoms with Crippen molar-refractivity contribution in [1.29, 1.82) is 0 Å². The van der Waals surface area contributed by atoms with Crippen LogP contribution in [0.2, 0.25) is 5.02 Å². The van der Waals surface area contributed by atoms with Gasteiger partial charge in [0, 0.05) is 18.6 Å². The van der Waals surface area contributed by atoms with E-state index in [-0.39, 0.29) is 18.2 Å². The Kier molecular flexibility index (Phi) is 5.00. The van der Waals surface area contributed by atoms with Gasteiger partial charge in [-0.15, -0.1) is 0 Å². The molecule has 5 nitrogen and oxygen atoms in total. The van der Waals surface area contributed by atoms with E-state index in [9.17, 15) is 9.59 Å². The Balaban J connectivity index is 1.84. The smallest absolute Gasteiger partial charge is 0.287 e. The van der Waals surface area contributed by atoms with Gasteiger partial charge in [0.25, 0.3) is 5.91 Å². The highest BCUT2D eigenvalue weighted by molar-refractivity contribution is 6.30. The molecule has 110 valence electrons. The molecule has 2 amide bonds. The zero-order chi connectivity index (χ0) is 15.2. The fourth-order valence-corrected chi connectivity index (χ4v) is 2.00. The molecule has 0 unspecified atom stereocenters. The molecular weight excluding hydrogens is 292 g/mol. The molecule has 0 fully saturated rings. The van der Waals surface area contributed by atoms with Gasteiger partial charge in [-0.25, -0.2) is 0 Å². The van der Waals surface area contributed by atoms with Gasteiger partial charge in [-0.2, -0.15) is 0 Å². The van der Waals surface area contributed by atoms with Crippen LogP contribution in [0.4, 0.5) is 0 Å². The molecule has 0 aliphatic rings. The molecule has 0 aliphatic heterocycles. The highest BCUT2D eigenvalue weighted by Gasteiger charge is 2.13. The SMILES string of the molecule is CN(Cc1cccc(Cl)c1)C(=O)CNC(=O)c1ccco1. The molecule has 2 rings (SSSR count). The van der Waals surface area contributed by atoms with Crippen LogP contribution in [-0.4, -0.2) is 30.3 Å². The number of carbonyl (C=O) groups excluding carboxylic acids is 2. The minimum absolute atomic E-state index is 0.0867. The second-order valence-corrected chi connectivity index (χ2v) is 4.98. The molecule has 1 aromatic heterocycles. The van der Waals surface area contributed by atoms with Crippen molar-refractivity contribution in [2.75, 3.05) is 13.6 Å². The van der Waals surface area contributed by atoms with E-state index in [1.54, 1.807) is 25.2 Å². The van der Waals surface area contributed by atoms with Crippen LogP contribution in [0.5, 0.6) is 0 Å². The van der Waals surface area contributed by atoms with Crippen LogP contribution >= 0.6 is 11.6 Å². The molecular formula is C15H15ClN2O3. The summed E-state index contributed by atoms with van der Waals surface area (Å²) in [6.45, 7) is 0.340. The first-order valence-corrected chi connectivity index (χ1v) is 6.74. The molecule has 0 saturated heterocycles. The minimum Gasteiger partial charge on any atom is -0.459 e. The first-order chi connectivity index (χ1) is 10.1. The molecule has 0 spiro atoms. The Labute approximate surface area is 127 Å². The fraction of sp³-hybridized carbons (Fsp3) is 0.200. The summed E-state index contributed by atoms with van der Waals surface area (Å²) in [6, 6.07) is 10.4. The summed E-state index contributed by atoms with van der Waals surface area (Å²) in [5.41, 5.74) is 0.927. The standard InChI is InChI=1S/C15H15ClN2O3/c1-18(10-11-4-2-5-12(16)8-11)14(19)9-17-15(20)13-6-3-7-21-13/h2-8H,9-10H2,1H3,(H,17,20). The number of halogens is 1. The summed E-state index contributed by atoms with van der Waals surface area (Å²) in [5.74, 6) is -0.431. The summed E-state index contributed by atoms with van der Waals surface area (Å²) >= 11 is 5.90. The summed E-state index contributed by atoms with van der Waals surface area (Å²) in [5, 5.41) is 3.14. The van der Waals surface area contributed by atoms with Gasteiger partial charge >= 0.3 is 0 Å². The maximum atomic E-state index is 12.0. The predicted octanol–water partition coefficient (Wildman–Crippen LogP) is 2.32. The zero-order valence-corrected chi connectivity index (χ0v) is 12.3. The third-order valence-electron chi connectivity index (χ3n) is 2.88. The van der Waals surface area contributed by atoms with E-state index in [1.807, 2.05) is 12.1 Å². The first-order valence-electron chi connectivity index (χ1n) is 6.36. The van der Waals surface area contributed by atoms with Gasteiger partial charge in [-0.3, -0.25) is 9.59 Å². The van der Waals surface area contributed by atoms with Crippen LogP contribution in [0.3, 0.4) is 0 Å². The lowest BCUT2D eigenvalue weighted by atomic mass is 10.2. The molecule has 1 heterocycles. The quantitative estimate of drug-likeness (QED) is 0.922. The van der Waals surface area contributed by atoms with Crippen LogP contribution in [-0.2, 0) is 11.3 Å². The molecule has 21 heavy (non-hydrogen) atoms. The number of nitrogens with one attached hydrogen (secondary N) is 1. The number of likely N-dealkylation sites (N-methyl/N-ethyl adjacent to an activating group) is 1. The molecule has 0 atom stereocenters. The Morgan fingerprint density at radius 1 is 1.29 bits per heavy atom. The minimum atomic E-state index is -0.412. The van der Waals surface area contributed by atoms with E-state index in [4.69, 9.17) is 16.0 Å².